The van der Waals surface area contributed by atoms with Crippen LogP contribution in [0, 0.1) is 5.82 Å². The van der Waals surface area contributed by atoms with Gasteiger partial charge in [-0.1, -0.05) is 22.9 Å². The van der Waals surface area contributed by atoms with Crippen LogP contribution in [-0.2, 0) is 6.54 Å². The summed E-state index contributed by atoms with van der Waals surface area (Å²) in [6, 6.07) is 6.02. The fraction of sp³-hybridized carbons (Fsp3) is 0.286. The minimum absolute atomic E-state index is 0.216. The van der Waals surface area contributed by atoms with E-state index in [0.717, 1.165) is 13.0 Å². The molecule has 0 aliphatic rings. The lowest BCUT2D eigenvalue weighted by Crippen LogP contribution is -2.23. The van der Waals surface area contributed by atoms with Gasteiger partial charge < -0.3 is 5.32 Å². The zero-order valence-electron chi connectivity index (χ0n) is 11.1. The third-order valence-corrected chi connectivity index (χ3v) is 3.16. The lowest BCUT2D eigenvalue weighted by molar-refractivity contribution is 0.610. The van der Waals surface area contributed by atoms with E-state index in [2.05, 4.69) is 26.3 Å². The van der Waals surface area contributed by atoms with E-state index in [0.29, 0.717) is 15.7 Å². The molecule has 1 heterocycles. The molecule has 0 fully saturated rings. The molecule has 0 bridgehead atoms. The summed E-state index contributed by atoms with van der Waals surface area (Å²) in [6.07, 6.45) is 2.58. The van der Waals surface area contributed by atoms with Crippen molar-refractivity contribution in [2.45, 2.75) is 19.9 Å². The van der Waals surface area contributed by atoms with Crippen molar-refractivity contribution in [3.8, 4) is 0 Å². The number of rotatable bonds is 5. The summed E-state index contributed by atoms with van der Waals surface area (Å²) >= 11 is 3.23. The summed E-state index contributed by atoms with van der Waals surface area (Å²) in [5.74, 6) is -0.344. The molecule has 0 spiro atoms. The predicted molar refractivity (Wildman–Crippen MR) is 80.5 cm³/mol. The second-order valence-electron chi connectivity index (χ2n) is 4.44. The van der Waals surface area contributed by atoms with Gasteiger partial charge in [0.15, 0.2) is 0 Å². The molecule has 1 aromatic heterocycles. The van der Waals surface area contributed by atoms with Gasteiger partial charge in [0, 0.05) is 17.1 Å². The molecule has 0 radical (unpaired) electrons. The van der Waals surface area contributed by atoms with Gasteiger partial charge in [-0.05, 0) is 30.2 Å². The van der Waals surface area contributed by atoms with Crippen molar-refractivity contribution in [2.24, 2.45) is 0 Å². The Labute approximate surface area is 124 Å². The van der Waals surface area contributed by atoms with Crippen molar-refractivity contribution in [3.63, 3.8) is 0 Å². The number of anilines is 1. The molecule has 0 saturated heterocycles. The number of nitrogens with one attached hydrogen (secondary N) is 1. The number of aromatic nitrogens is 2. The molecule has 106 valence electrons. The molecule has 20 heavy (non-hydrogen) atoms. The molecular weight excluding hydrogens is 325 g/mol. The van der Waals surface area contributed by atoms with Crippen LogP contribution >= 0.6 is 15.9 Å². The maximum atomic E-state index is 13.3. The maximum absolute atomic E-state index is 13.3. The van der Waals surface area contributed by atoms with Gasteiger partial charge in [0.05, 0.1) is 18.4 Å². The zero-order valence-corrected chi connectivity index (χ0v) is 12.7. The molecule has 2 aromatic rings. The van der Waals surface area contributed by atoms with Gasteiger partial charge in [-0.2, -0.15) is 5.10 Å². The molecule has 0 unspecified atom stereocenters. The largest absolute Gasteiger partial charge is 0.384 e. The molecule has 1 N–H and O–H groups in total. The molecule has 1 aromatic carbocycles. The first-order chi connectivity index (χ1) is 9.58. The topological polar surface area (TPSA) is 46.9 Å². The average molecular weight is 340 g/mol. The van der Waals surface area contributed by atoms with Crippen molar-refractivity contribution in [2.75, 3.05) is 11.9 Å². The van der Waals surface area contributed by atoms with Gasteiger partial charge in [-0.15, -0.1) is 0 Å². The fourth-order valence-corrected chi connectivity index (χ4v) is 2.31. The minimum atomic E-state index is -0.344. The van der Waals surface area contributed by atoms with Gasteiger partial charge in [0.1, 0.15) is 5.82 Å². The highest BCUT2D eigenvalue weighted by Gasteiger charge is 2.04. The Bertz CT molecular complexity index is 637. The Kier molecular flexibility index (Phi) is 4.89. The van der Waals surface area contributed by atoms with Gasteiger partial charge in [0.25, 0.3) is 5.56 Å². The van der Waals surface area contributed by atoms with Gasteiger partial charge in [-0.3, -0.25) is 4.79 Å². The number of hydrogen-bond acceptors (Lipinski definition) is 3. The summed E-state index contributed by atoms with van der Waals surface area (Å²) < 4.78 is 15.2. The Morgan fingerprint density at radius 3 is 2.80 bits per heavy atom. The third-order valence-electron chi connectivity index (χ3n) is 2.70. The van der Waals surface area contributed by atoms with Gasteiger partial charge >= 0.3 is 0 Å². The number of hydrogen-bond donors (Lipinski definition) is 1. The standard InChI is InChI=1S/C14H15BrFN3O/c1-2-3-17-13-7-14(20)19(18-8-13)9-10-4-11(15)6-12(16)5-10/h4-8,17H,2-3,9H2,1H3. The molecular formula is C14H15BrFN3O. The van der Waals surface area contributed by atoms with Crippen LogP contribution in [0.25, 0.3) is 0 Å². The van der Waals surface area contributed by atoms with E-state index in [9.17, 15) is 9.18 Å². The fourth-order valence-electron chi connectivity index (χ4n) is 1.79. The van der Waals surface area contributed by atoms with Crippen molar-refractivity contribution in [1.29, 1.82) is 0 Å². The first kappa shape index (κ1) is 14.7. The lowest BCUT2D eigenvalue weighted by Gasteiger charge is -2.08. The van der Waals surface area contributed by atoms with Crippen LogP contribution in [0.1, 0.15) is 18.9 Å². The monoisotopic (exact) mass is 339 g/mol. The van der Waals surface area contributed by atoms with Gasteiger partial charge in [-0.25, -0.2) is 9.07 Å². The highest BCUT2D eigenvalue weighted by Crippen LogP contribution is 2.15. The van der Waals surface area contributed by atoms with Crippen molar-refractivity contribution in [1.82, 2.24) is 9.78 Å². The Morgan fingerprint density at radius 1 is 1.35 bits per heavy atom. The smallest absolute Gasteiger partial charge is 0.269 e. The molecule has 0 saturated carbocycles. The quantitative estimate of drug-likeness (QED) is 0.910. The van der Waals surface area contributed by atoms with Gasteiger partial charge in [0.2, 0.25) is 0 Å². The highest BCUT2D eigenvalue weighted by atomic mass is 79.9. The minimum Gasteiger partial charge on any atom is -0.384 e. The molecule has 0 atom stereocenters. The first-order valence-corrected chi connectivity index (χ1v) is 7.14. The second-order valence-corrected chi connectivity index (χ2v) is 5.36. The molecule has 0 amide bonds. The van der Waals surface area contributed by atoms with Crippen LogP contribution < -0.4 is 10.9 Å². The Hall–Kier alpha value is -1.69. The van der Waals surface area contributed by atoms with E-state index in [1.54, 1.807) is 12.3 Å². The number of benzene rings is 1. The molecule has 6 heteroatoms. The van der Waals surface area contributed by atoms with E-state index in [1.165, 1.54) is 22.9 Å². The predicted octanol–water partition coefficient (Wildman–Crippen LogP) is 3.02. The van der Waals surface area contributed by atoms with Crippen LogP contribution in [0.4, 0.5) is 10.1 Å². The van der Waals surface area contributed by atoms with E-state index >= 15 is 0 Å². The second kappa shape index (κ2) is 6.65. The lowest BCUT2D eigenvalue weighted by atomic mass is 10.2. The number of halogens is 2. The first-order valence-electron chi connectivity index (χ1n) is 6.34. The number of nitrogens with zero attached hydrogens (tertiary/aromatic N) is 2. The van der Waals surface area contributed by atoms with Crippen molar-refractivity contribution >= 4 is 21.6 Å². The average Bonchev–Trinajstić information content (AvgIpc) is 2.38. The van der Waals surface area contributed by atoms with Crippen LogP contribution in [0.3, 0.4) is 0 Å². The Balaban J connectivity index is 2.19. The molecule has 0 aliphatic carbocycles. The molecule has 2 rings (SSSR count). The van der Waals surface area contributed by atoms with Crippen molar-refractivity contribution in [3.05, 3.63) is 56.7 Å². The SMILES string of the molecule is CCCNc1cnn(Cc2cc(F)cc(Br)c2)c(=O)c1. The zero-order chi connectivity index (χ0) is 14.5. The highest BCUT2D eigenvalue weighted by molar-refractivity contribution is 9.10. The van der Waals surface area contributed by atoms with E-state index in [-0.39, 0.29) is 17.9 Å². The summed E-state index contributed by atoms with van der Waals surface area (Å²) in [5, 5.41) is 7.19. The van der Waals surface area contributed by atoms with E-state index in [4.69, 9.17) is 0 Å². The van der Waals surface area contributed by atoms with Crippen LogP contribution in [0.15, 0.2) is 39.7 Å². The summed E-state index contributed by atoms with van der Waals surface area (Å²) in [7, 11) is 0. The van der Waals surface area contributed by atoms with Crippen molar-refractivity contribution < 1.29 is 4.39 Å². The van der Waals surface area contributed by atoms with E-state index < -0.39 is 0 Å². The summed E-state index contributed by atoms with van der Waals surface area (Å²) in [5.41, 5.74) is 1.17. The van der Waals surface area contributed by atoms with Crippen LogP contribution in [-0.4, -0.2) is 16.3 Å². The Morgan fingerprint density at radius 2 is 2.15 bits per heavy atom. The van der Waals surface area contributed by atoms with Crippen LogP contribution in [0.2, 0.25) is 0 Å². The van der Waals surface area contributed by atoms with E-state index in [1.807, 2.05) is 6.92 Å². The summed E-state index contributed by atoms with van der Waals surface area (Å²) in [4.78, 5) is 11.9. The maximum Gasteiger partial charge on any atom is 0.269 e. The summed E-state index contributed by atoms with van der Waals surface area (Å²) in [6.45, 7) is 3.08. The third kappa shape index (κ3) is 3.90. The molecule has 0 aliphatic heterocycles. The normalized spacial score (nSPS) is 10.6. The van der Waals surface area contributed by atoms with Crippen LogP contribution in [0.5, 0.6) is 0 Å². The molecule has 4 nitrogen and oxygen atoms in total.